The summed E-state index contributed by atoms with van der Waals surface area (Å²) >= 11 is 1.38. The Balaban J connectivity index is 1.96. The summed E-state index contributed by atoms with van der Waals surface area (Å²) in [4.78, 5) is 13.0. The highest BCUT2D eigenvalue weighted by Gasteiger charge is 2.10. The standard InChI is InChI=1S/C18H18N2O3S/c1-2-22-15-8-4-5-9-16(15)23-13-18(21)20-14-7-3-6-10-17(14)24-12-11-19/h3-10H,2,12-13H2,1H3,(H,20,21). The first-order chi connectivity index (χ1) is 11.7. The van der Waals surface area contributed by atoms with Crippen molar-refractivity contribution in [3.8, 4) is 17.6 Å². The normalized spacial score (nSPS) is 9.83. The van der Waals surface area contributed by atoms with E-state index in [1.807, 2.05) is 37.3 Å². The molecule has 1 amide bonds. The van der Waals surface area contributed by atoms with Crippen LogP contribution in [-0.4, -0.2) is 24.9 Å². The van der Waals surface area contributed by atoms with Crippen LogP contribution in [0.5, 0.6) is 11.5 Å². The lowest BCUT2D eigenvalue weighted by Crippen LogP contribution is -2.20. The Morgan fingerprint density at radius 2 is 1.79 bits per heavy atom. The first kappa shape index (κ1) is 17.7. The van der Waals surface area contributed by atoms with E-state index in [0.29, 0.717) is 29.5 Å². The zero-order valence-corrected chi connectivity index (χ0v) is 14.1. The molecule has 2 rings (SSSR count). The summed E-state index contributed by atoms with van der Waals surface area (Å²) in [5.74, 6) is 1.19. The van der Waals surface area contributed by atoms with Gasteiger partial charge in [-0.3, -0.25) is 4.79 Å². The average molecular weight is 342 g/mol. The Hall–Kier alpha value is -2.65. The van der Waals surface area contributed by atoms with Crippen LogP contribution < -0.4 is 14.8 Å². The van der Waals surface area contributed by atoms with Crippen LogP contribution in [0.4, 0.5) is 5.69 Å². The zero-order valence-electron chi connectivity index (χ0n) is 13.3. The fourth-order valence-corrected chi connectivity index (χ4v) is 2.65. The van der Waals surface area contributed by atoms with Gasteiger partial charge in [0.2, 0.25) is 0 Å². The lowest BCUT2D eigenvalue weighted by Gasteiger charge is -2.12. The third-order valence-corrected chi connectivity index (χ3v) is 3.90. The number of carbonyl (C=O) groups is 1. The van der Waals surface area contributed by atoms with E-state index in [4.69, 9.17) is 14.7 Å². The van der Waals surface area contributed by atoms with E-state index in [9.17, 15) is 4.79 Å². The van der Waals surface area contributed by atoms with Gasteiger partial charge >= 0.3 is 0 Å². The SMILES string of the molecule is CCOc1ccccc1OCC(=O)Nc1ccccc1SCC#N. The van der Waals surface area contributed by atoms with Gasteiger partial charge in [-0.1, -0.05) is 24.3 Å². The topological polar surface area (TPSA) is 71.3 Å². The fraction of sp³-hybridized carbons (Fsp3) is 0.222. The molecule has 2 aromatic rings. The minimum Gasteiger partial charge on any atom is -0.490 e. The number of carbonyl (C=O) groups excluding carboxylic acids is 1. The number of hydrogen-bond acceptors (Lipinski definition) is 5. The van der Waals surface area contributed by atoms with Crippen molar-refractivity contribution in [1.82, 2.24) is 0 Å². The summed E-state index contributed by atoms with van der Waals surface area (Å²) in [7, 11) is 0. The Morgan fingerprint density at radius 1 is 1.12 bits per heavy atom. The number of anilines is 1. The van der Waals surface area contributed by atoms with E-state index in [1.165, 1.54) is 11.8 Å². The highest BCUT2D eigenvalue weighted by molar-refractivity contribution is 7.99. The second kappa shape index (κ2) is 9.48. The molecule has 124 valence electrons. The van der Waals surface area contributed by atoms with Crippen molar-refractivity contribution < 1.29 is 14.3 Å². The predicted molar refractivity (Wildman–Crippen MR) is 94.5 cm³/mol. The van der Waals surface area contributed by atoms with Crippen molar-refractivity contribution in [3.63, 3.8) is 0 Å². The number of amides is 1. The lowest BCUT2D eigenvalue weighted by molar-refractivity contribution is -0.118. The first-order valence-electron chi connectivity index (χ1n) is 7.48. The Morgan fingerprint density at radius 3 is 2.50 bits per heavy atom. The third-order valence-electron chi connectivity index (χ3n) is 2.96. The first-order valence-corrected chi connectivity index (χ1v) is 8.46. The summed E-state index contributed by atoms with van der Waals surface area (Å²) in [5.41, 5.74) is 0.671. The minimum atomic E-state index is -0.272. The highest BCUT2D eigenvalue weighted by atomic mass is 32.2. The number of rotatable bonds is 8. The maximum absolute atomic E-state index is 12.1. The van der Waals surface area contributed by atoms with Crippen LogP contribution in [0.1, 0.15) is 6.92 Å². The molecule has 0 saturated carbocycles. The van der Waals surface area contributed by atoms with Crippen LogP contribution >= 0.6 is 11.8 Å². The van der Waals surface area contributed by atoms with E-state index in [-0.39, 0.29) is 12.5 Å². The van der Waals surface area contributed by atoms with Crippen LogP contribution in [0.25, 0.3) is 0 Å². The maximum atomic E-state index is 12.1. The van der Waals surface area contributed by atoms with Crippen molar-refractivity contribution >= 4 is 23.4 Å². The second-order valence-corrected chi connectivity index (χ2v) is 5.68. The molecule has 1 N–H and O–H groups in total. The fourth-order valence-electron chi connectivity index (χ4n) is 1.98. The van der Waals surface area contributed by atoms with Gasteiger partial charge in [0.15, 0.2) is 18.1 Å². The van der Waals surface area contributed by atoms with E-state index in [1.54, 1.807) is 18.2 Å². The number of hydrogen-bond donors (Lipinski definition) is 1. The monoisotopic (exact) mass is 342 g/mol. The quantitative estimate of drug-likeness (QED) is 0.740. The number of ether oxygens (including phenoxy) is 2. The van der Waals surface area contributed by atoms with E-state index in [0.717, 1.165) is 4.90 Å². The molecule has 24 heavy (non-hydrogen) atoms. The van der Waals surface area contributed by atoms with E-state index in [2.05, 4.69) is 11.4 Å². The number of benzene rings is 2. The van der Waals surface area contributed by atoms with Crippen molar-refractivity contribution in [3.05, 3.63) is 48.5 Å². The van der Waals surface area contributed by atoms with Crippen LogP contribution in [0.2, 0.25) is 0 Å². The summed E-state index contributed by atoms with van der Waals surface area (Å²) in [6.07, 6.45) is 0. The predicted octanol–water partition coefficient (Wildman–Crippen LogP) is 3.72. The number of nitrogens with zero attached hydrogens (tertiary/aromatic N) is 1. The molecule has 0 saturated heterocycles. The number of thioether (sulfide) groups is 1. The summed E-state index contributed by atoms with van der Waals surface area (Å²) < 4.78 is 11.0. The summed E-state index contributed by atoms with van der Waals surface area (Å²) in [5, 5.41) is 11.5. The molecule has 0 aliphatic rings. The lowest BCUT2D eigenvalue weighted by atomic mass is 10.3. The smallest absolute Gasteiger partial charge is 0.262 e. The van der Waals surface area contributed by atoms with Crippen molar-refractivity contribution in [1.29, 1.82) is 5.26 Å². The molecule has 0 spiro atoms. The minimum absolute atomic E-state index is 0.124. The van der Waals surface area contributed by atoms with Crippen molar-refractivity contribution in [2.45, 2.75) is 11.8 Å². The van der Waals surface area contributed by atoms with Gasteiger partial charge in [0.1, 0.15) is 0 Å². The molecule has 6 heteroatoms. The molecule has 0 aliphatic carbocycles. The Kier molecular flexibility index (Phi) is 6.99. The molecular weight excluding hydrogens is 324 g/mol. The Bertz CT molecular complexity index is 728. The zero-order chi connectivity index (χ0) is 17.2. The summed E-state index contributed by atoms with van der Waals surface area (Å²) in [6.45, 7) is 2.29. The van der Waals surface area contributed by atoms with Crippen LogP contribution in [0, 0.1) is 11.3 Å². The maximum Gasteiger partial charge on any atom is 0.262 e. The molecule has 0 heterocycles. The third kappa shape index (κ3) is 5.21. The van der Waals surface area contributed by atoms with Gasteiger partial charge in [-0.25, -0.2) is 0 Å². The molecule has 0 aliphatic heterocycles. The van der Waals surface area contributed by atoms with Crippen LogP contribution in [0.3, 0.4) is 0 Å². The summed E-state index contributed by atoms with van der Waals surface area (Å²) in [6, 6.07) is 16.7. The van der Waals surface area contributed by atoms with E-state index >= 15 is 0 Å². The molecule has 0 aromatic heterocycles. The molecule has 2 aromatic carbocycles. The molecule has 0 bridgehead atoms. The molecule has 0 unspecified atom stereocenters. The second-order valence-electron chi connectivity index (χ2n) is 4.66. The van der Waals surface area contributed by atoms with Gasteiger partial charge < -0.3 is 14.8 Å². The van der Waals surface area contributed by atoms with E-state index < -0.39 is 0 Å². The largest absolute Gasteiger partial charge is 0.490 e. The van der Waals surface area contributed by atoms with Gasteiger partial charge in [0.25, 0.3) is 5.91 Å². The van der Waals surface area contributed by atoms with Gasteiger partial charge in [-0.05, 0) is 31.2 Å². The molecule has 0 radical (unpaired) electrons. The highest BCUT2D eigenvalue weighted by Crippen LogP contribution is 2.28. The number of nitriles is 1. The van der Waals surface area contributed by atoms with Crippen molar-refractivity contribution in [2.75, 3.05) is 24.3 Å². The van der Waals surface area contributed by atoms with Gasteiger partial charge in [-0.2, -0.15) is 5.26 Å². The number of nitrogens with one attached hydrogen (secondary N) is 1. The number of para-hydroxylation sites is 3. The molecule has 5 nitrogen and oxygen atoms in total. The molecule has 0 fully saturated rings. The van der Waals surface area contributed by atoms with Crippen LogP contribution in [0.15, 0.2) is 53.4 Å². The van der Waals surface area contributed by atoms with Crippen LogP contribution in [-0.2, 0) is 4.79 Å². The molecule has 0 atom stereocenters. The average Bonchev–Trinajstić information content (AvgIpc) is 2.60. The van der Waals surface area contributed by atoms with Gasteiger partial charge in [0.05, 0.1) is 24.1 Å². The van der Waals surface area contributed by atoms with Gasteiger partial charge in [0, 0.05) is 4.90 Å². The van der Waals surface area contributed by atoms with Gasteiger partial charge in [-0.15, -0.1) is 11.8 Å². The Labute approximate surface area is 145 Å². The molecular formula is C18H18N2O3S. The van der Waals surface area contributed by atoms with Crippen molar-refractivity contribution in [2.24, 2.45) is 0 Å².